The number of carbonyl (C=O) groups excluding carboxylic acids is 1. The number of benzene rings is 1. The highest BCUT2D eigenvalue weighted by Gasteiger charge is 2.39. The molecule has 1 aliphatic carbocycles. The van der Waals surface area contributed by atoms with Crippen LogP contribution in [0.15, 0.2) is 12.1 Å². The Balaban J connectivity index is 2.52. The van der Waals surface area contributed by atoms with Crippen LogP contribution in [-0.4, -0.2) is 11.4 Å². The molecule has 0 spiro atoms. The highest BCUT2D eigenvalue weighted by molar-refractivity contribution is 5.79. The van der Waals surface area contributed by atoms with Crippen LogP contribution in [-0.2, 0) is 5.41 Å². The predicted octanol–water partition coefficient (Wildman–Crippen LogP) is 5.19. The Kier molecular flexibility index (Phi) is 4.19. The second-order valence-electron chi connectivity index (χ2n) is 8.03. The third-order valence-electron chi connectivity index (χ3n) is 5.05. The van der Waals surface area contributed by atoms with E-state index in [1.54, 1.807) is 0 Å². The molecule has 0 saturated heterocycles. The third kappa shape index (κ3) is 3.14. The number of rotatable bonds is 3. The Morgan fingerprint density at radius 1 is 1.19 bits per heavy atom. The number of aldehydes is 1. The van der Waals surface area contributed by atoms with Gasteiger partial charge in [0.05, 0.1) is 0 Å². The molecule has 21 heavy (non-hydrogen) atoms. The summed E-state index contributed by atoms with van der Waals surface area (Å²) in [5, 5.41) is 10.3. The van der Waals surface area contributed by atoms with Crippen molar-refractivity contribution in [3.05, 3.63) is 28.8 Å². The summed E-state index contributed by atoms with van der Waals surface area (Å²) in [4.78, 5) is 11.6. The second-order valence-corrected chi connectivity index (χ2v) is 8.03. The fraction of sp³-hybridized carbons (Fsp3) is 0.632. The van der Waals surface area contributed by atoms with Crippen LogP contribution in [0.4, 0.5) is 0 Å². The van der Waals surface area contributed by atoms with Crippen LogP contribution in [0, 0.1) is 5.41 Å². The molecule has 2 rings (SSSR count). The summed E-state index contributed by atoms with van der Waals surface area (Å²) >= 11 is 0. The van der Waals surface area contributed by atoms with E-state index >= 15 is 0 Å². The zero-order valence-corrected chi connectivity index (χ0v) is 14.0. The van der Waals surface area contributed by atoms with Crippen molar-refractivity contribution in [2.45, 2.75) is 71.6 Å². The molecule has 0 aromatic heterocycles. The quantitative estimate of drug-likeness (QED) is 0.777. The van der Waals surface area contributed by atoms with E-state index in [1.165, 1.54) is 12.8 Å². The normalized spacial score (nSPS) is 25.0. The molecular weight excluding hydrogens is 260 g/mol. The van der Waals surface area contributed by atoms with Gasteiger partial charge in [0.15, 0.2) is 0 Å². The maximum Gasteiger partial charge on any atom is 0.150 e. The molecule has 1 aromatic carbocycles. The molecule has 1 N–H and O–H groups in total. The summed E-state index contributed by atoms with van der Waals surface area (Å²) < 4.78 is 0. The zero-order valence-electron chi connectivity index (χ0n) is 14.0. The minimum absolute atomic E-state index is 0.0228. The van der Waals surface area contributed by atoms with Gasteiger partial charge in [-0.1, -0.05) is 41.0 Å². The van der Waals surface area contributed by atoms with E-state index in [-0.39, 0.29) is 11.3 Å². The first kappa shape index (κ1) is 16.1. The lowest BCUT2D eigenvalue weighted by Crippen LogP contribution is -2.35. The monoisotopic (exact) mass is 288 g/mol. The minimum atomic E-state index is -0.0228. The molecule has 2 nitrogen and oxygen atoms in total. The average molecular weight is 288 g/mol. The molecule has 2 heteroatoms. The maximum absolute atomic E-state index is 11.6. The average Bonchev–Trinajstić information content (AvgIpc) is 2.36. The predicted molar refractivity (Wildman–Crippen MR) is 87.2 cm³/mol. The molecular formula is C19H28O2. The third-order valence-corrected chi connectivity index (χ3v) is 5.05. The van der Waals surface area contributed by atoms with Crippen LogP contribution in [0.2, 0.25) is 0 Å². The van der Waals surface area contributed by atoms with Crippen molar-refractivity contribution >= 4 is 6.29 Å². The number of aromatic hydroxyl groups is 1. The van der Waals surface area contributed by atoms with Crippen molar-refractivity contribution < 1.29 is 9.90 Å². The number of carbonyl (C=O) groups is 1. The van der Waals surface area contributed by atoms with Crippen molar-refractivity contribution in [2.24, 2.45) is 5.41 Å². The van der Waals surface area contributed by atoms with Crippen LogP contribution < -0.4 is 0 Å². The first-order valence-corrected chi connectivity index (χ1v) is 8.01. The van der Waals surface area contributed by atoms with Crippen LogP contribution in [0.3, 0.4) is 0 Å². The van der Waals surface area contributed by atoms with E-state index in [9.17, 15) is 9.90 Å². The van der Waals surface area contributed by atoms with E-state index < -0.39 is 0 Å². The Morgan fingerprint density at radius 2 is 1.86 bits per heavy atom. The molecule has 0 amide bonds. The SMILES string of the molecule is CC(C)c1cc(C=O)c(C2(C)CCCC(C)(C)C2)cc1O. The minimum Gasteiger partial charge on any atom is -0.508 e. The molecule has 1 aromatic rings. The molecule has 1 atom stereocenters. The zero-order chi connectivity index (χ0) is 15.8. The van der Waals surface area contributed by atoms with Gasteiger partial charge in [-0.3, -0.25) is 4.79 Å². The van der Waals surface area contributed by atoms with Gasteiger partial charge >= 0.3 is 0 Å². The molecule has 0 heterocycles. The molecule has 0 bridgehead atoms. The fourth-order valence-corrected chi connectivity index (χ4v) is 4.13. The van der Waals surface area contributed by atoms with Gasteiger partial charge in [-0.2, -0.15) is 0 Å². The number of phenolic OH excluding ortho intramolecular Hbond substituents is 1. The van der Waals surface area contributed by atoms with E-state index in [4.69, 9.17) is 0 Å². The highest BCUT2D eigenvalue weighted by atomic mass is 16.3. The molecule has 1 saturated carbocycles. The molecule has 0 radical (unpaired) electrons. The lowest BCUT2D eigenvalue weighted by molar-refractivity contribution is 0.111. The van der Waals surface area contributed by atoms with E-state index in [1.807, 2.05) is 26.0 Å². The van der Waals surface area contributed by atoms with Crippen molar-refractivity contribution in [3.63, 3.8) is 0 Å². The lowest BCUT2D eigenvalue weighted by atomic mass is 9.61. The van der Waals surface area contributed by atoms with Gasteiger partial charge < -0.3 is 5.11 Å². The molecule has 1 unspecified atom stereocenters. The van der Waals surface area contributed by atoms with Gasteiger partial charge in [-0.05, 0) is 59.3 Å². The van der Waals surface area contributed by atoms with E-state index in [0.717, 1.165) is 35.8 Å². The van der Waals surface area contributed by atoms with Crippen LogP contribution in [0.25, 0.3) is 0 Å². The van der Waals surface area contributed by atoms with Crippen LogP contribution in [0.5, 0.6) is 5.75 Å². The van der Waals surface area contributed by atoms with Crippen molar-refractivity contribution in [1.82, 2.24) is 0 Å². The summed E-state index contributed by atoms with van der Waals surface area (Å²) in [6, 6.07) is 3.73. The fourth-order valence-electron chi connectivity index (χ4n) is 4.13. The summed E-state index contributed by atoms with van der Waals surface area (Å²) in [6.45, 7) is 10.9. The van der Waals surface area contributed by atoms with Crippen molar-refractivity contribution in [1.29, 1.82) is 0 Å². The first-order valence-electron chi connectivity index (χ1n) is 8.01. The summed E-state index contributed by atoms with van der Waals surface area (Å²) in [5.74, 6) is 0.545. The molecule has 1 fully saturated rings. The van der Waals surface area contributed by atoms with Gasteiger partial charge in [-0.15, -0.1) is 0 Å². The van der Waals surface area contributed by atoms with Gasteiger partial charge in [0.2, 0.25) is 0 Å². The summed E-state index contributed by atoms with van der Waals surface area (Å²) in [6.07, 6.45) is 5.50. The second kappa shape index (κ2) is 5.47. The van der Waals surface area contributed by atoms with Gasteiger partial charge in [0, 0.05) is 5.56 Å². The standard InChI is InChI=1S/C19H28O2/c1-13(2)15-9-14(11-20)16(10-17(15)21)19(5)8-6-7-18(3,4)12-19/h9-11,13,21H,6-8,12H2,1-5H3. The molecule has 1 aliphatic rings. The largest absolute Gasteiger partial charge is 0.508 e. The number of hydrogen-bond donors (Lipinski definition) is 1. The topological polar surface area (TPSA) is 37.3 Å². The van der Waals surface area contributed by atoms with Gasteiger partial charge in [0.1, 0.15) is 12.0 Å². The van der Waals surface area contributed by atoms with E-state index in [0.29, 0.717) is 11.2 Å². The van der Waals surface area contributed by atoms with Crippen LogP contribution in [0.1, 0.15) is 87.7 Å². The van der Waals surface area contributed by atoms with Crippen LogP contribution >= 0.6 is 0 Å². The molecule has 116 valence electrons. The first-order chi connectivity index (χ1) is 9.68. The van der Waals surface area contributed by atoms with Crippen molar-refractivity contribution in [3.8, 4) is 5.75 Å². The van der Waals surface area contributed by atoms with Crippen molar-refractivity contribution in [2.75, 3.05) is 0 Å². The Bertz CT molecular complexity index is 543. The Hall–Kier alpha value is -1.31. The van der Waals surface area contributed by atoms with Gasteiger partial charge in [0.25, 0.3) is 0 Å². The van der Waals surface area contributed by atoms with Gasteiger partial charge in [-0.25, -0.2) is 0 Å². The number of phenols is 1. The maximum atomic E-state index is 11.6. The summed E-state index contributed by atoms with van der Waals surface area (Å²) in [5.41, 5.74) is 2.90. The highest BCUT2D eigenvalue weighted by Crippen LogP contribution is 2.49. The Morgan fingerprint density at radius 3 is 2.38 bits per heavy atom. The summed E-state index contributed by atoms with van der Waals surface area (Å²) in [7, 11) is 0. The van der Waals surface area contributed by atoms with E-state index in [2.05, 4.69) is 20.8 Å². The lowest BCUT2D eigenvalue weighted by Gasteiger charge is -2.44. The molecule has 0 aliphatic heterocycles. The Labute approximate surface area is 128 Å². The number of hydrogen-bond acceptors (Lipinski definition) is 2. The smallest absolute Gasteiger partial charge is 0.150 e.